The zero-order valence-electron chi connectivity index (χ0n) is 13.7. The molecule has 0 bridgehead atoms. The molecule has 0 aliphatic carbocycles. The van der Waals surface area contributed by atoms with E-state index in [1.165, 1.54) is 0 Å². The molecular formula is C17H30O5. The maximum atomic E-state index is 11.7. The first-order valence-corrected chi connectivity index (χ1v) is 8.37. The van der Waals surface area contributed by atoms with Gasteiger partial charge < -0.3 is 10.2 Å². The van der Waals surface area contributed by atoms with Crippen LogP contribution in [0, 0.1) is 5.92 Å². The predicted molar refractivity (Wildman–Crippen MR) is 84.8 cm³/mol. The summed E-state index contributed by atoms with van der Waals surface area (Å²) < 4.78 is 0. The van der Waals surface area contributed by atoms with Crippen molar-refractivity contribution in [3.05, 3.63) is 0 Å². The number of carboxylic acids is 2. The Hall–Kier alpha value is -1.39. The molecule has 0 amide bonds. The molecule has 1 atom stereocenters. The van der Waals surface area contributed by atoms with Gasteiger partial charge in [0.2, 0.25) is 0 Å². The first kappa shape index (κ1) is 20.6. The molecule has 0 saturated heterocycles. The van der Waals surface area contributed by atoms with Crippen molar-refractivity contribution >= 4 is 17.7 Å². The van der Waals surface area contributed by atoms with E-state index in [2.05, 4.69) is 0 Å². The van der Waals surface area contributed by atoms with Gasteiger partial charge in [-0.2, -0.15) is 0 Å². The third kappa shape index (κ3) is 15.0. The van der Waals surface area contributed by atoms with Gasteiger partial charge in [0.25, 0.3) is 0 Å². The quantitative estimate of drug-likeness (QED) is 0.445. The second kappa shape index (κ2) is 13.3. The molecular weight excluding hydrogens is 284 g/mol. The van der Waals surface area contributed by atoms with E-state index in [0.29, 0.717) is 12.8 Å². The summed E-state index contributed by atoms with van der Waals surface area (Å²) in [4.78, 5) is 32.5. The van der Waals surface area contributed by atoms with Gasteiger partial charge in [-0.3, -0.25) is 14.4 Å². The van der Waals surface area contributed by atoms with E-state index in [9.17, 15) is 14.4 Å². The van der Waals surface area contributed by atoms with Crippen LogP contribution in [0.15, 0.2) is 0 Å². The van der Waals surface area contributed by atoms with Gasteiger partial charge in [0.15, 0.2) is 0 Å². The highest BCUT2D eigenvalue weighted by molar-refractivity contribution is 5.79. The lowest BCUT2D eigenvalue weighted by molar-refractivity contribution is -0.138. The predicted octanol–water partition coefficient (Wildman–Crippen LogP) is 4.04. The average Bonchev–Trinajstić information content (AvgIpc) is 2.39. The molecule has 0 heterocycles. The number of aliphatic carboxylic acids is 2. The van der Waals surface area contributed by atoms with Crippen LogP contribution in [0.3, 0.4) is 0 Å². The highest BCUT2D eigenvalue weighted by Crippen LogP contribution is 2.13. The van der Waals surface area contributed by atoms with Crippen LogP contribution >= 0.6 is 0 Å². The van der Waals surface area contributed by atoms with E-state index in [1.54, 1.807) is 6.92 Å². The summed E-state index contributed by atoms with van der Waals surface area (Å²) in [6.45, 7) is 1.80. The highest BCUT2D eigenvalue weighted by atomic mass is 16.4. The highest BCUT2D eigenvalue weighted by Gasteiger charge is 2.12. The molecule has 128 valence electrons. The summed E-state index contributed by atoms with van der Waals surface area (Å²) in [6, 6.07) is 0. The summed E-state index contributed by atoms with van der Waals surface area (Å²) >= 11 is 0. The van der Waals surface area contributed by atoms with Crippen LogP contribution in [0.2, 0.25) is 0 Å². The number of Topliss-reactive ketones (excluding diaryl/α,β-unsaturated/α-hetero) is 1. The van der Waals surface area contributed by atoms with E-state index >= 15 is 0 Å². The third-order valence-corrected chi connectivity index (χ3v) is 3.70. The zero-order valence-corrected chi connectivity index (χ0v) is 13.7. The van der Waals surface area contributed by atoms with E-state index in [-0.39, 0.29) is 24.5 Å². The van der Waals surface area contributed by atoms with Crippen LogP contribution < -0.4 is 0 Å². The summed E-state index contributed by atoms with van der Waals surface area (Å²) in [5.41, 5.74) is 0. The van der Waals surface area contributed by atoms with Crippen molar-refractivity contribution in [1.82, 2.24) is 0 Å². The maximum absolute atomic E-state index is 11.7. The fraction of sp³-hybridized carbons (Fsp3) is 0.824. The molecule has 0 aromatic carbocycles. The van der Waals surface area contributed by atoms with Crippen molar-refractivity contribution in [3.63, 3.8) is 0 Å². The first-order chi connectivity index (χ1) is 10.4. The van der Waals surface area contributed by atoms with Crippen LogP contribution in [0.4, 0.5) is 0 Å². The van der Waals surface area contributed by atoms with Crippen LogP contribution in [0.5, 0.6) is 0 Å². The van der Waals surface area contributed by atoms with Gasteiger partial charge in [0.05, 0.1) is 0 Å². The molecule has 1 unspecified atom stereocenters. The lowest BCUT2D eigenvalue weighted by Gasteiger charge is -2.07. The minimum Gasteiger partial charge on any atom is -0.481 e. The average molecular weight is 314 g/mol. The molecule has 0 aromatic heterocycles. The largest absolute Gasteiger partial charge is 0.481 e. The van der Waals surface area contributed by atoms with Gasteiger partial charge in [-0.15, -0.1) is 0 Å². The lowest BCUT2D eigenvalue weighted by atomic mass is 9.98. The van der Waals surface area contributed by atoms with E-state index in [0.717, 1.165) is 51.4 Å². The van der Waals surface area contributed by atoms with Crippen LogP contribution in [-0.4, -0.2) is 27.9 Å². The Bertz CT molecular complexity index is 338. The molecule has 2 N–H and O–H groups in total. The molecule has 22 heavy (non-hydrogen) atoms. The number of carbonyl (C=O) groups excluding carboxylic acids is 1. The molecule has 5 nitrogen and oxygen atoms in total. The van der Waals surface area contributed by atoms with Crippen molar-refractivity contribution < 1.29 is 24.6 Å². The number of carbonyl (C=O) groups is 3. The van der Waals surface area contributed by atoms with Gasteiger partial charge in [-0.1, -0.05) is 45.4 Å². The molecule has 0 aliphatic rings. The molecule has 0 spiro atoms. The van der Waals surface area contributed by atoms with Crippen molar-refractivity contribution in [1.29, 1.82) is 0 Å². The van der Waals surface area contributed by atoms with Crippen LogP contribution in [0.25, 0.3) is 0 Å². The molecule has 0 aromatic rings. The summed E-state index contributed by atoms with van der Waals surface area (Å²) in [5, 5.41) is 17.1. The number of unbranched alkanes of at least 4 members (excludes halogenated alkanes) is 7. The molecule has 0 saturated carbocycles. The Morgan fingerprint density at radius 2 is 1.14 bits per heavy atom. The number of hydrogen-bond donors (Lipinski definition) is 2. The van der Waals surface area contributed by atoms with Gasteiger partial charge >= 0.3 is 11.9 Å². The lowest BCUT2D eigenvalue weighted by Crippen LogP contribution is -2.09. The Morgan fingerprint density at radius 3 is 1.59 bits per heavy atom. The number of hydrogen-bond acceptors (Lipinski definition) is 3. The molecule has 0 aliphatic heterocycles. The fourth-order valence-electron chi connectivity index (χ4n) is 2.52. The zero-order chi connectivity index (χ0) is 16.8. The number of rotatable bonds is 15. The summed E-state index contributed by atoms with van der Waals surface area (Å²) in [6.07, 6.45) is 9.38. The van der Waals surface area contributed by atoms with Gasteiger partial charge in [-0.25, -0.2) is 0 Å². The maximum Gasteiger partial charge on any atom is 0.303 e. The molecule has 0 rings (SSSR count). The Morgan fingerprint density at radius 1 is 0.682 bits per heavy atom. The minimum atomic E-state index is -0.844. The van der Waals surface area contributed by atoms with E-state index in [1.807, 2.05) is 0 Å². The Balaban J connectivity index is 3.33. The fourth-order valence-corrected chi connectivity index (χ4v) is 2.52. The van der Waals surface area contributed by atoms with Gasteiger partial charge in [0.1, 0.15) is 5.78 Å². The Kier molecular flexibility index (Phi) is 12.4. The minimum absolute atomic E-state index is 0.0631. The van der Waals surface area contributed by atoms with Crippen molar-refractivity contribution in [2.24, 2.45) is 5.92 Å². The van der Waals surface area contributed by atoms with Gasteiger partial charge in [-0.05, 0) is 18.8 Å². The smallest absolute Gasteiger partial charge is 0.303 e. The van der Waals surface area contributed by atoms with E-state index in [4.69, 9.17) is 10.2 Å². The topological polar surface area (TPSA) is 91.7 Å². The van der Waals surface area contributed by atoms with Crippen molar-refractivity contribution in [2.75, 3.05) is 0 Å². The standard InChI is InChI=1S/C17H30O5/c1-14(13-17(21)22)12-15(18)10-8-6-4-2-3-5-7-9-11-16(19)20/h14H,2-13H2,1H3,(H,19,20)(H,21,22). The first-order valence-electron chi connectivity index (χ1n) is 8.37. The SMILES string of the molecule is CC(CC(=O)O)CC(=O)CCCCCCCCCCC(=O)O. The second-order valence-electron chi connectivity index (χ2n) is 6.17. The van der Waals surface area contributed by atoms with Crippen molar-refractivity contribution in [2.45, 2.75) is 84.0 Å². The van der Waals surface area contributed by atoms with Crippen LogP contribution in [0.1, 0.15) is 84.0 Å². The molecule has 0 radical (unpaired) electrons. The normalized spacial score (nSPS) is 12.0. The summed E-state index contributed by atoms with van der Waals surface area (Å²) in [7, 11) is 0. The third-order valence-electron chi connectivity index (χ3n) is 3.70. The molecule has 0 fully saturated rings. The van der Waals surface area contributed by atoms with Crippen molar-refractivity contribution in [3.8, 4) is 0 Å². The monoisotopic (exact) mass is 314 g/mol. The van der Waals surface area contributed by atoms with Crippen LogP contribution in [-0.2, 0) is 14.4 Å². The number of carboxylic acid groups (broad SMARTS) is 2. The Labute approximate surface area is 133 Å². The second-order valence-corrected chi connectivity index (χ2v) is 6.17. The molecule has 5 heteroatoms. The number of ketones is 1. The van der Waals surface area contributed by atoms with E-state index < -0.39 is 11.9 Å². The summed E-state index contributed by atoms with van der Waals surface area (Å²) in [5.74, 6) is -1.47. The van der Waals surface area contributed by atoms with Gasteiger partial charge in [0, 0.05) is 25.7 Å².